The summed E-state index contributed by atoms with van der Waals surface area (Å²) in [4.78, 5) is 8.60. The molecule has 1 heterocycles. The van der Waals surface area contributed by atoms with Crippen molar-refractivity contribution >= 4 is 23.4 Å². The highest BCUT2D eigenvalue weighted by Crippen LogP contribution is 2.28. The largest absolute Gasteiger partial charge is 0.372 e. The Bertz CT molecular complexity index is 350. The van der Waals surface area contributed by atoms with Crippen molar-refractivity contribution in [1.29, 1.82) is 0 Å². The van der Waals surface area contributed by atoms with Crippen molar-refractivity contribution in [3.05, 3.63) is 12.4 Å². The lowest BCUT2D eigenvalue weighted by molar-refractivity contribution is 0.472. The van der Waals surface area contributed by atoms with Crippen molar-refractivity contribution in [3.63, 3.8) is 0 Å². The minimum atomic E-state index is 0.555. The van der Waals surface area contributed by atoms with Crippen LogP contribution < -0.4 is 10.6 Å². The molecule has 1 aromatic rings. The lowest BCUT2D eigenvalue weighted by Crippen LogP contribution is -2.27. The van der Waals surface area contributed by atoms with Crippen molar-refractivity contribution in [3.8, 4) is 0 Å². The second-order valence-electron chi connectivity index (χ2n) is 4.39. The van der Waals surface area contributed by atoms with Crippen LogP contribution in [0.1, 0.15) is 25.7 Å². The van der Waals surface area contributed by atoms with E-state index in [-0.39, 0.29) is 0 Å². The van der Waals surface area contributed by atoms with Gasteiger partial charge in [-0.2, -0.15) is 11.8 Å². The van der Waals surface area contributed by atoms with Crippen molar-refractivity contribution in [2.75, 3.05) is 23.9 Å². The zero-order valence-corrected chi connectivity index (χ0v) is 11.3. The number of nitrogens with one attached hydrogen (secondary N) is 2. The predicted molar refractivity (Wildman–Crippen MR) is 74.8 cm³/mol. The summed E-state index contributed by atoms with van der Waals surface area (Å²) in [5.41, 5.74) is 0. The van der Waals surface area contributed by atoms with Gasteiger partial charge < -0.3 is 10.6 Å². The zero-order chi connectivity index (χ0) is 12.1. The second kappa shape index (κ2) is 6.10. The van der Waals surface area contributed by atoms with Gasteiger partial charge in [0, 0.05) is 18.3 Å². The van der Waals surface area contributed by atoms with Gasteiger partial charge in [0.15, 0.2) is 0 Å². The molecule has 1 fully saturated rings. The molecule has 0 amide bonds. The minimum absolute atomic E-state index is 0.555. The molecule has 4 nitrogen and oxygen atoms in total. The summed E-state index contributed by atoms with van der Waals surface area (Å²) in [6.45, 7) is 0. The van der Waals surface area contributed by atoms with Crippen LogP contribution in [0.15, 0.2) is 12.4 Å². The Kier molecular flexibility index (Phi) is 4.48. The molecule has 0 aromatic carbocycles. The highest BCUT2D eigenvalue weighted by molar-refractivity contribution is 7.99. The van der Waals surface area contributed by atoms with Crippen molar-refractivity contribution < 1.29 is 0 Å². The smallest absolute Gasteiger partial charge is 0.147 e. The van der Waals surface area contributed by atoms with Crippen LogP contribution in [0.4, 0.5) is 11.6 Å². The Balaban J connectivity index is 1.88. The molecule has 0 spiro atoms. The lowest BCUT2D eigenvalue weighted by atomic mass is 9.95. The monoisotopic (exact) mass is 252 g/mol. The van der Waals surface area contributed by atoms with Gasteiger partial charge in [-0.15, -0.1) is 0 Å². The number of nitrogens with zero attached hydrogens (tertiary/aromatic N) is 2. The van der Waals surface area contributed by atoms with Gasteiger partial charge in [-0.25, -0.2) is 4.98 Å². The maximum atomic E-state index is 4.43. The molecule has 1 aliphatic rings. The van der Waals surface area contributed by atoms with Crippen LogP contribution in [0.2, 0.25) is 0 Å². The normalized spacial score (nSPS) is 24.4. The number of anilines is 2. The van der Waals surface area contributed by atoms with Gasteiger partial charge >= 0.3 is 0 Å². The van der Waals surface area contributed by atoms with E-state index in [4.69, 9.17) is 0 Å². The highest BCUT2D eigenvalue weighted by atomic mass is 32.2. The van der Waals surface area contributed by atoms with E-state index in [1.54, 1.807) is 12.4 Å². The van der Waals surface area contributed by atoms with E-state index in [2.05, 4.69) is 26.9 Å². The van der Waals surface area contributed by atoms with E-state index in [1.807, 2.05) is 18.8 Å². The molecule has 17 heavy (non-hydrogen) atoms. The highest BCUT2D eigenvalue weighted by Gasteiger charge is 2.20. The van der Waals surface area contributed by atoms with Gasteiger partial charge in [0.2, 0.25) is 0 Å². The van der Waals surface area contributed by atoms with Crippen LogP contribution in [0.5, 0.6) is 0 Å². The summed E-state index contributed by atoms with van der Waals surface area (Å²) >= 11 is 1.99. The van der Waals surface area contributed by atoms with Crippen LogP contribution >= 0.6 is 11.8 Å². The molecular formula is C12H20N4S. The first kappa shape index (κ1) is 12.5. The first-order chi connectivity index (χ1) is 8.31. The fourth-order valence-corrected chi connectivity index (χ4v) is 2.95. The molecule has 5 heteroatoms. The number of thioether (sulfide) groups is 1. The molecule has 2 N–H and O–H groups in total. The standard InChI is InChI=1S/C12H20N4S/c1-13-11-7-14-8-12(16-11)15-9-3-5-10(17-2)6-4-9/h7-10H,3-6H2,1-2H3,(H2,13,15,16). The second-order valence-corrected chi connectivity index (χ2v) is 5.53. The molecule has 0 radical (unpaired) electrons. The molecule has 0 saturated heterocycles. The SMILES string of the molecule is CNc1cncc(NC2CCC(SC)CC2)n1. The topological polar surface area (TPSA) is 49.8 Å². The lowest BCUT2D eigenvalue weighted by Gasteiger charge is -2.28. The van der Waals surface area contributed by atoms with E-state index >= 15 is 0 Å². The third-order valence-electron chi connectivity index (χ3n) is 3.25. The van der Waals surface area contributed by atoms with E-state index < -0.39 is 0 Å². The molecule has 1 aliphatic carbocycles. The first-order valence-electron chi connectivity index (χ1n) is 6.11. The van der Waals surface area contributed by atoms with Gasteiger partial charge in [0.25, 0.3) is 0 Å². The van der Waals surface area contributed by atoms with E-state index in [0.717, 1.165) is 16.9 Å². The molecule has 0 atom stereocenters. The first-order valence-corrected chi connectivity index (χ1v) is 7.39. The zero-order valence-electron chi connectivity index (χ0n) is 10.4. The average Bonchev–Trinajstić information content (AvgIpc) is 2.40. The van der Waals surface area contributed by atoms with Crippen molar-refractivity contribution in [1.82, 2.24) is 9.97 Å². The summed E-state index contributed by atoms with van der Waals surface area (Å²) in [6.07, 6.45) is 10.8. The summed E-state index contributed by atoms with van der Waals surface area (Å²) in [5, 5.41) is 7.33. The Morgan fingerprint density at radius 1 is 1.18 bits per heavy atom. The Morgan fingerprint density at radius 3 is 2.53 bits per heavy atom. The molecule has 0 bridgehead atoms. The third-order valence-corrected chi connectivity index (χ3v) is 4.39. The maximum Gasteiger partial charge on any atom is 0.147 e. The van der Waals surface area contributed by atoms with Crippen LogP contribution in [-0.2, 0) is 0 Å². The van der Waals surface area contributed by atoms with Crippen molar-refractivity contribution in [2.24, 2.45) is 0 Å². The van der Waals surface area contributed by atoms with Crippen LogP contribution in [0.25, 0.3) is 0 Å². The van der Waals surface area contributed by atoms with Crippen molar-refractivity contribution in [2.45, 2.75) is 37.0 Å². The Morgan fingerprint density at radius 2 is 1.88 bits per heavy atom. The minimum Gasteiger partial charge on any atom is -0.372 e. The van der Waals surface area contributed by atoms with Crippen LogP contribution in [0.3, 0.4) is 0 Å². The molecule has 1 aromatic heterocycles. The number of rotatable bonds is 4. The number of hydrogen-bond donors (Lipinski definition) is 2. The summed E-state index contributed by atoms with van der Waals surface area (Å²) < 4.78 is 0. The fraction of sp³-hybridized carbons (Fsp3) is 0.667. The Labute approximate surface area is 107 Å². The third kappa shape index (κ3) is 3.49. The predicted octanol–water partition coefficient (Wildman–Crippen LogP) is 2.60. The van der Waals surface area contributed by atoms with Crippen LogP contribution in [-0.4, -0.2) is 34.6 Å². The molecule has 1 saturated carbocycles. The maximum absolute atomic E-state index is 4.43. The summed E-state index contributed by atoms with van der Waals surface area (Å²) in [7, 11) is 1.86. The Hall–Kier alpha value is -0.970. The molecule has 0 unspecified atom stereocenters. The van der Waals surface area contributed by atoms with Gasteiger partial charge in [0.05, 0.1) is 12.4 Å². The van der Waals surface area contributed by atoms with Gasteiger partial charge in [-0.05, 0) is 31.9 Å². The molecule has 0 aliphatic heterocycles. The molecule has 2 rings (SSSR count). The number of hydrogen-bond acceptors (Lipinski definition) is 5. The summed E-state index contributed by atoms with van der Waals surface area (Å²) in [6, 6.07) is 0.555. The fourth-order valence-electron chi connectivity index (χ4n) is 2.21. The van der Waals surface area contributed by atoms with Gasteiger partial charge in [-0.1, -0.05) is 0 Å². The molecular weight excluding hydrogens is 232 g/mol. The summed E-state index contributed by atoms with van der Waals surface area (Å²) in [5.74, 6) is 1.69. The van der Waals surface area contributed by atoms with E-state index in [0.29, 0.717) is 6.04 Å². The van der Waals surface area contributed by atoms with E-state index in [9.17, 15) is 0 Å². The molecule has 94 valence electrons. The van der Waals surface area contributed by atoms with Crippen LogP contribution in [0, 0.1) is 0 Å². The van der Waals surface area contributed by atoms with E-state index in [1.165, 1.54) is 25.7 Å². The van der Waals surface area contributed by atoms with Gasteiger partial charge in [0.1, 0.15) is 11.6 Å². The quantitative estimate of drug-likeness (QED) is 0.862. The number of aromatic nitrogens is 2. The average molecular weight is 252 g/mol. The van der Waals surface area contributed by atoms with Gasteiger partial charge in [-0.3, -0.25) is 4.98 Å².